The van der Waals surface area contributed by atoms with Crippen molar-refractivity contribution in [1.29, 1.82) is 0 Å². The van der Waals surface area contributed by atoms with Gasteiger partial charge in [0, 0.05) is 12.0 Å². The van der Waals surface area contributed by atoms with Crippen molar-refractivity contribution in [2.75, 3.05) is 13.7 Å². The molecule has 0 fully saturated rings. The number of aldehydes is 1. The van der Waals surface area contributed by atoms with E-state index in [1.807, 2.05) is 0 Å². The van der Waals surface area contributed by atoms with Gasteiger partial charge in [-0.25, -0.2) is 4.79 Å². The molecule has 2 aromatic carbocycles. The molecule has 0 N–H and O–H groups in total. The monoisotopic (exact) mass is 382 g/mol. The zero-order chi connectivity index (χ0) is 19.9. The molecule has 2 rings (SSSR count). The second kappa shape index (κ2) is 9.07. The zero-order valence-electron chi connectivity index (χ0n) is 14.4. The highest BCUT2D eigenvalue weighted by Crippen LogP contribution is 2.29. The first-order chi connectivity index (χ1) is 12.8. The summed E-state index contributed by atoms with van der Waals surface area (Å²) < 4.78 is 52.0. The minimum absolute atomic E-state index is 0.136. The van der Waals surface area contributed by atoms with Crippen LogP contribution < -0.4 is 14.2 Å². The highest BCUT2D eigenvalue weighted by Gasteiger charge is 2.26. The molecule has 0 spiro atoms. The molecule has 0 saturated heterocycles. The molecule has 27 heavy (non-hydrogen) atoms. The van der Waals surface area contributed by atoms with E-state index in [1.54, 1.807) is 0 Å². The van der Waals surface area contributed by atoms with E-state index in [1.165, 1.54) is 49.6 Å². The van der Waals surface area contributed by atoms with Crippen LogP contribution in [0.4, 0.5) is 13.2 Å². The Hall–Kier alpha value is -3.03. The van der Waals surface area contributed by atoms with Crippen LogP contribution in [0.3, 0.4) is 0 Å². The van der Waals surface area contributed by atoms with Gasteiger partial charge >= 0.3 is 12.1 Å². The van der Waals surface area contributed by atoms with Gasteiger partial charge in [0.05, 0.1) is 19.3 Å². The van der Waals surface area contributed by atoms with Crippen LogP contribution in [0.2, 0.25) is 0 Å². The van der Waals surface area contributed by atoms with E-state index in [0.717, 1.165) is 0 Å². The summed E-state index contributed by atoms with van der Waals surface area (Å²) in [7, 11) is 1.35. The number of halogens is 3. The predicted octanol–water partition coefficient (Wildman–Crippen LogP) is 4.45. The van der Waals surface area contributed by atoms with Crippen LogP contribution in [0.25, 0.3) is 0 Å². The average Bonchev–Trinajstić information content (AvgIpc) is 2.65. The number of methoxy groups -OCH3 is 1. The van der Waals surface area contributed by atoms with Gasteiger partial charge < -0.3 is 14.2 Å². The average molecular weight is 382 g/mol. The third kappa shape index (κ3) is 6.32. The highest BCUT2D eigenvalue weighted by atomic mass is 19.4. The Kier molecular flexibility index (Phi) is 6.81. The Labute approximate surface area is 153 Å². The molecular weight excluding hydrogens is 365 g/mol. The molecule has 5 nitrogen and oxygen atoms in total. The molecule has 0 heterocycles. The van der Waals surface area contributed by atoms with Crippen LogP contribution in [0.1, 0.15) is 33.6 Å². The standard InChI is InChI=1S/C19H17F3O5/c1-25-17-11-14(5-8-16(17)26-10-2-9-19(20,21)22)18(24)27-15-6-3-13(12-23)4-7-15/h3-8,11-12H,2,9-10H2,1H3. The number of hydrogen-bond acceptors (Lipinski definition) is 5. The Morgan fingerprint density at radius 2 is 1.78 bits per heavy atom. The number of rotatable bonds is 8. The fourth-order valence-corrected chi connectivity index (χ4v) is 2.15. The summed E-state index contributed by atoms with van der Waals surface area (Å²) >= 11 is 0. The molecule has 8 heteroatoms. The minimum atomic E-state index is -4.23. The smallest absolute Gasteiger partial charge is 0.389 e. The number of benzene rings is 2. The van der Waals surface area contributed by atoms with Gasteiger partial charge in [0.2, 0.25) is 0 Å². The molecule has 0 aliphatic carbocycles. The van der Waals surface area contributed by atoms with E-state index < -0.39 is 18.6 Å². The molecule has 0 unspecified atom stereocenters. The Morgan fingerprint density at radius 3 is 2.37 bits per heavy atom. The number of hydrogen-bond donors (Lipinski definition) is 0. The molecular formula is C19H17F3O5. The molecule has 0 bridgehead atoms. The Balaban J connectivity index is 2.00. The third-order valence-corrected chi connectivity index (χ3v) is 3.49. The maximum atomic E-state index is 12.2. The summed E-state index contributed by atoms with van der Waals surface area (Å²) in [6.07, 6.45) is -4.69. The van der Waals surface area contributed by atoms with Gasteiger partial charge in [0.1, 0.15) is 12.0 Å². The van der Waals surface area contributed by atoms with Crippen molar-refractivity contribution in [2.45, 2.75) is 19.0 Å². The maximum absolute atomic E-state index is 12.2. The van der Waals surface area contributed by atoms with Crippen LogP contribution in [0, 0.1) is 0 Å². The van der Waals surface area contributed by atoms with Crippen molar-refractivity contribution in [2.24, 2.45) is 0 Å². The largest absolute Gasteiger partial charge is 0.493 e. The number of carbonyl (C=O) groups excluding carboxylic acids is 2. The molecule has 0 amide bonds. The number of carbonyl (C=O) groups is 2. The van der Waals surface area contributed by atoms with Crippen LogP contribution in [0.5, 0.6) is 17.2 Å². The zero-order valence-corrected chi connectivity index (χ0v) is 14.4. The van der Waals surface area contributed by atoms with Crippen molar-refractivity contribution >= 4 is 12.3 Å². The van der Waals surface area contributed by atoms with Crippen molar-refractivity contribution in [3.63, 3.8) is 0 Å². The molecule has 0 radical (unpaired) electrons. The van der Waals surface area contributed by atoms with Gasteiger partial charge in [-0.3, -0.25) is 4.79 Å². The first-order valence-corrected chi connectivity index (χ1v) is 7.97. The van der Waals surface area contributed by atoms with E-state index in [0.29, 0.717) is 11.8 Å². The van der Waals surface area contributed by atoms with Gasteiger partial charge in [-0.15, -0.1) is 0 Å². The highest BCUT2D eigenvalue weighted by molar-refractivity contribution is 5.92. The Morgan fingerprint density at radius 1 is 1.07 bits per heavy atom. The number of ether oxygens (including phenoxy) is 3. The maximum Gasteiger partial charge on any atom is 0.389 e. The van der Waals surface area contributed by atoms with Crippen molar-refractivity contribution < 1.29 is 37.0 Å². The molecule has 0 saturated carbocycles. The van der Waals surface area contributed by atoms with Gasteiger partial charge in [-0.2, -0.15) is 13.2 Å². The Bertz CT molecular complexity index is 785. The number of esters is 1. The molecule has 0 aliphatic heterocycles. The van der Waals surface area contributed by atoms with E-state index >= 15 is 0 Å². The summed E-state index contributed by atoms with van der Waals surface area (Å²) in [6, 6.07) is 10.2. The first-order valence-electron chi connectivity index (χ1n) is 7.97. The van der Waals surface area contributed by atoms with Gasteiger partial charge in [0.25, 0.3) is 0 Å². The lowest BCUT2D eigenvalue weighted by molar-refractivity contribution is -0.136. The van der Waals surface area contributed by atoms with Gasteiger partial charge in [-0.05, 0) is 48.9 Å². The quantitative estimate of drug-likeness (QED) is 0.292. The molecule has 0 atom stereocenters. The fourth-order valence-electron chi connectivity index (χ4n) is 2.15. The van der Waals surface area contributed by atoms with Crippen molar-refractivity contribution in [1.82, 2.24) is 0 Å². The summed E-state index contributed by atoms with van der Waals surface area (Å²) in [6.45, 7) is -0.136. The topological polar surface area (TPSA) is 61.8 Å². The molecule has 2 aromatic rings. The predicted molar refractivity (Wildman–Crippen MR) is 90.6 cm³/mol. The first kappa shape index (κ1) is 20.3. The lowest BCUT2D eigenvalue weighted by atomic mass is 10.2. The number of alkyl halides is 3. The van der Waals surface area contributed by atoms with Crippen molar-refractivity contribution in [3.8, 4) is 17.2 Å². The fraction of sp³-hybridized carbons (Fsp3) is 0.263. The van der Waals surface area contributed by atoms with Crippen molar-refractivity contribution in [3.05, 3.63) is 53.6 Å². The summed E-state index contributed by atoms with van der Waals surface area (Å²) in [5, 5.41) is 0. The van der Waals surface area contributed by atoms with E-state index in [9.17, 15) is 22.8 Å². The van der Waals surface area contributed by atoms with Crippen LogP contribution >= 0.6 is 0 Å². The minimum Gasteiger partial charge on any atom is -0.493 e. The summed E-state index contributed by atoms with van der Waals surface area (Å²) in [5.74, 6) is 0.0344. The van der Waals surface area contributed by atoms with E-state index in [-0.39, 0.29) is 35.8 Å². The second-order valence-electron chi connectivity index (χ2n) is 5.51. The normalized spacial score (nSPS) is 11.0. The molecule has 144 valence electrons. The molecule has 0 aromatic heterocycles. The van der Waals surface area contributed by atoms with Crippen LogP contribution in [-0.4, -0.2) is 32.1 Å². The van der Waals surface area contributed by atoms with E-state index in [4.69, 9.17) is 14.2 Å². The van der Waals surface area contributed by atoms with E-state index in [2.05, 4.69) is 0 Å². The lowest BCUT2D eigenvalue weighted by Crippen LogP contribution is -2.11. The summed E-state index contributed by atoms with van der Waals surface area (Å²) in [5.41, 5.74) is 0.623. The third-order valence-electron chi connectivity index (χ3n) is 3.49. The van der Waals surface area contributed by atoms with Crippen LogP contribution in [-0.2, 0) is 0 Å². The molecule has 0 aliphatic rings. The SMILES string of the molecule is COc1cc(C(=O)Oc2ccc(C=O)cc2)ccc1OCCCC(F)(F)F. The lowest BCUT2D eigenvalue weighted by Gasteiger charge is -2.12. The van der Waals surface area contributed by atoms with Gasteiger partial charge in [-0.1, -0.05) is 0 Å². The van der Waals surface area contributed by atoms with Crippen LogP contribution in [0.15, 0.2) is 42.5 Å². The second-order valence-corrected chi connectivity index (χ2v) is 5.51. The summed E-state index contributed by atoms with van der Waals surface area (Å²) in [4.78, 5) is 22.8. The van der Waals surface area contributed by atoms with Gasteiger partial charge in [0.15, 0.2) is 11.5 Å².